The number of aromatic nitrogens is 1. The average molecular weight is 446 g/mol. The van der Waals surface area contributed by atoms with E-state index in [1.807, 2.05) is 31.2 Å². The first-order chi connectivity index (χ1) is 15.7. The summed E-state index contributed by atoms with van der Waals surface area (Å²) in [5.41, 5.74) is 4.94. The van der Waals surface area contributed by atoms with E-state index < -0.39 is 0 Å². The van der Waals surface area contributed by atoms with Crippen LogP contribution < -0.4 is 15.4 Å². The molecule has 1 aromatic heterocycles. The Labute approximate surface area is 197 Å². The van der Waals surface area contributed by atoms with Crippen LogP contribution in [0.4, 0.5) is 5.69 Å². The molecule has 1 aliphatic rings. The van der Waals surface area contributed by atoms with Crippen LogP contribution in [0.1, 0.15) is 68.1 Å². The summed E-state index contributed by atoms with van der Waals surface area (Å²) in [7, 11) is 1.61. The van der Waals surface area contributed by atoms with Crippen molar-refractivity contribution in [3.8, 4) is 5.75 Å². The van der Waals surface area contributed by atoms with E-state index in [-0.39, 0.29) is 17.4 Å². The van der Waals surface area contributed by atoms with Crippen LogP contribution in [0.2, 0.25) is 0 Å². The Morgan fingerprint density at radius 3 is 2.39 bits per heavy atom. The maximum atomic E-state index is 12.8. The van der Waals surface area contributed by atoms with Gasteiger partial charge in [0, 0.05) is 34.3 Å². The minimum Gasteiger partial charge on any atom is -0.496 e. The van der Waals surface area contributed by atoms with Gasteiger partial charge in [0.25, 0.3) is 5.91 Å². The molecule has 0 aliphatic heterocycles. The van der Waals surface area contributed by atoms with Crippen molar-refractivity contribution < 1.29 is 9.53 Å². The summed E-state index contributed by atoms with van der Waals surface area (Å²) in [5.74, 6) is 0.570. The van der Waals surface area contributed by atoms with Crippen molar-refractivity contribution in [1.82, 2.24) is 10.3 Å². The normalized spacial score (nSPS) is 18.7. The molecule has 2 aromatic carbocycles. The van der Waals surface area contributed by atoms with Gasteiger partial charge in [-0.2, -0.15) is 0 Å². The van der Waals surface area contributed by atoms with Crippen molar-refractivity contribution in [3.63, 3.8) is 0 Å². The van der Waals surface area contributed by atoms with Gasteiger partial charge in [0.2, 0.25) is 0 Å². The van der Waals surface area contributed by atoms with Gasteiger partial charge in [-0.3, -0.25) is 9.78 Å². The number of amides is 1. The second-order valence-corrected chi connectivity index (χ2v) is 10.2. The lowest BCUT2D eigenvalue weighted by atomic mass is 9.89. The quantitative estimate of drug-likeness (QED) is 0.505. The number of methoxy groups -OCH3 is 1. The maximum absolute atomic E-state index is 12.8. The first-order valence-corrected chi connectivity index (χ1v) is 11.9. The highest BCUT2D eigenvalue weighted by molar-refractivity contribution is 5.97. The molecule has 3 aromatic rings. The molecule has 0 atom stereocenters. The van der Waals surface area contributed by atoms with Gasteiger partial charge in [0.15, 0.2) is 0 Å². The van der Waals surface area contributed by atoms with Crippen molar-refractivity contribution in [2.75, 3.05) is 12.4 Å². The molecule has 0 bridgehead atoms. The van der Waals surface area contributed by atoms with Crippen LogP contribution in [0.5, 0.6) is 5.75 Å². The molecule has 174 valence electrons. The number of anilines is 1. The number of benzene rings is 2. The van der Waals surface area contributed by atoms with Crippen molar-refractivity contribution in [3.05, 3.63) is 65.4 Å². The van der Waals surface area contributed by atoms with Gasteiger partial charge >= 0.3 is 0 Å². The van der Waals surface area contributed by atoms with Gasteiger partial charge in [-0.25, -0.2) is 0 Å². The zero-order valence-electron chi connectivity index (χ0n) is 20.4. The van der Waals surface area contributed by atoms with Gasteiger partial charge in [0.1, 0.15) is 5.75 Å². The molecule has 1 heterocycles. The second kappa shape index (κ2) is 9.42. The lowest BCUT2D eigenvalue weighted by Crippen LogP contribution is -2.40. The molecule has 1 amide bonds. The molecule has 0 radical (unpaired) electrons. The molecule has 0 spiro atoms. The van der Waals surface area contributed by atoms with Crippen molar-refractivity contribution in [2.45, 2.75) is 70.9 Å². The number of carbonyl (C=O) groups excluding carboxylic acids is 1. The zero-order chi connectivity index (χ0) is 23.6. The Bertz CT molecular complexity index is 1140. The van der Waals surface area contributed by atoms with Crippen LogP contribution in [0, 0.1) is 6.92 Å². The Hall–Kier alpha value is -3.08. The van der Waals surface area contributed by atoms with E-state index in [4.69, 9.17) is 9.72 Å². The van der Waals surface area contributed by atoms with Gasteiger partial charge in [0.05, 0.1) is 18.2 Å². The number of hydrogen-bond donors (Lipinski definition) is 2. The Morgan fingerprint density at radius 2 is 1.70 bits per heavy atom. The largest absolute Gasteiger partial charge is 0.496 e. The standard InChI is InChI=1S/C28H35N3O2/c1-18-10-15-22(25(16-18)33-5)27(32)30-20-13-11-19(12-14-20)29-24-17-26(28(2,3)4)31-23-9-7-6-8-21(23)24/h6-10,15-17,19-20H,11-14H2,1-5H3,(H,29,31)(H,30,32). The average Bonchev–Trinajstić information content (AvgIpc) is 2.79. The number of rotatable bonds is 5. The van der Waals surface area contributed by atoms with E-state index >= 15 is 0 Å². The van der Waals surface area contributed by atoms with E-state index in [0.29, 0.717) is 17.4 Å². The van der Waals surface area contributed by atoms with Crippen LogP contribution in [0.25, 0.3) is 10.9 Å². The summed E-state index contributed by atoms with van der Waals surface area (Å²) in [4.78, 5) is 17.7. The van der Waals surface area contributed by atoms with Gasteiger partial charge in [-0.05, 0) is 62.4 Å². The van der Waals surface area contributed by atoms with Crippen LogP contribution in [0.15, 0.2) is 48.5 Å². The number of pyridine rings is 1. The topological polar surface area (TPSA) is 63.2 Å². The number of ether oxygens (including phenoxy) is 1. The van der Waals surface area contributed by atoms with Gasteiger partial charge < -0.3 is 15.4 Å². The van der Waals surface area contributed by atoms with E-state index in [2.05, 4.69) is 55.7 Å². The molecule has 5 nitrogen and oxygen atoms in total. The molecule has 1 fully saturated rings. The summed E-state index contributed by atoms with van der Waals surface area (Å²) >= 11 is 0. The lowest BCUT2D eigenvalue weighted by Gasteiger charge is -2.31. The minimum absolute atomic E-state index is 0.0144. The van der Waals surface area contributed by atoms with Crippen LogP contribution in [0.3, 0.4) is 0 Å². The Balaban J connectivity index is 1.42. The Morgan fingerprint density at radius 1 is 1.00 bits per heavy atom. The summed E-state index contributed by atoms with van der Waals surface area (Å²) < 4.78 is 5.41. The number of hydrogen-bond acceptors (Lipinski definition) is 4. The molecule has 0 unspecified atom stereocenters. The van der Waals surface area contributed by atoms with E-state index in [1.165, 1.54) is 0 Å². The first kappa shape index (κ1) is 23.1. The molecule has 33 heavy (non-hydrogen) atoms. The maximum Gasteiger partial charge on any atom is 0.255 e. The number of para-hydroxylation sites is 1. The molecule has 1 aliphatic carbocycles. The highest BCUT2D eigenvalue weighted by atomic mass is 16.5. The number of nitrogens with zero attached hydrogens (tertiary/aromatic N) is 1. The molecule has 2 N–H and O–H groups in total. The predicted octanol–water partition coefficient (Wildman–Crippen LogP) is 6.00. The fourth-order valence-electron chi connectivity index (χ4n) is 4.53. The smallest absolute Gasteiger partial charge is 0.255 e. The minimum atomic E-state index is -0.0572. The lowest BCUT2D eigenvalue weighted by molar-refractivity contribution is 0.0923. The predicted molar refractivity (Wildman–Crippen MR) is 135 cm³/mol. The molecule has 1 saturated carbocycles. The highest BCUT2D eigenvalue weighted by Gasteiger charge is 2.25. The summed E-state index contributed by atoms with van der Waals surface area (Å²) in [6.45, 7) is 8.59. The third-order valence-corrected chi connectivity index (χ3v) is 6.51. The number of aryl methyl sites for hydroxylation is 1. The van der Waals surface area contributed by atoms with Crippen molar-refractivity contribution >= 4 is 22.5 Å². The third kappa shape index (κ3) is 5.29. The monoisotopic (exact) mass is 445 g/mol. The van der Waals surface area contributed by atoms with E-state index in [9.17, 15) is 4.79 Å². The van der Waals surface area contributed by atoms with Crippen LogP contribution in [-0.2, 0) is 5.41 Å². The van der Waals surface area contributed by atoms with Gasteiger partial charge in [-0.15, -0.1) is 0 Å². The number of fused-ring (bicyclic) bond motifs is 1. The SMILES string of the molecule is COc1cc(C)ccc1C(=O)NC1CCC(Nc2cc(C(C)(C)C)nc3ccccc23)CC1. The molecular formula is C28H35N3O2. The summed E-state index contributed by atoms with van der Waals surface area (Å²) in [6, 6.07) is 16.8. The fraction of sp³-hybridized carbons (Fsp3) is 0.429. The van der Waals surface area contributed by atoms with Gasteiger partial charge in [-0.1, -0.05) is 45.0 Å². The van der Waals surface area contributed by atoms with E-state index in [0.717, 1.165) is 53.5 Å². The van der Waals surface area contributed by atoms with Crippen LogP contribution >= 0.6 is 0 Å². The summed E-state index contributed by atoms with van der Waals surface area (Å²) in [6.07, 6.45) is 3.93. The first-order valence-electron chi connectivity index (χ1n) is 11.9. The molecule has 0 saturated heterocycles. The Kier molecular flexibility index (Phi) is 6.59. The number of carbonyl (C=O) groups is 1. The van der Waals surface area contributed by atoms with E-state index in [1.54, 1.807) is 7.11 Å². The second-order valence-electron chi connectivity index (χ2n) is 10.2. The molecular weight excluding hydrogens is 410 g/mol. The zero-order valence-corrected chi connectivity index (χ0v) is 20.4. The van der Waals surface area contributed by atoms with Crippen molar-refractivity contribution in [1.29, 1.82) is 0 Å². The number of nitrogens with one attached hydrogen (secondary N) is 2. The fourth-order valence-corrected chi connectivity index (χ4v) is 4.53. The van der Waals surface area contributed by atoms with Crippen LogP contribution in [-0.4, -0.2) is 30.1 Å². The highest BCUT2D eigenvalue weighted by Crippen LogP contribution is 2.31. The molecule has 4 rings (SSSR count). The van der Waals surface area contributed by atoms with Crippen molar-refractivity contribution in [2.24, 2.45) is 0 Å². The molecule has 5 heteroatoms. The summed E-state index contributed by atoms with van der Waals surface area (Å²) in [5, 5.41) is 8.17. The third-order valence-electron chi connectivity index (χ3n) is 6.51.